The van der Waals surface area contributed by atoms with Crippen molar-refractivity contribution in [2.75, 3.05) is 25.0 Å². The third-order valence-electron chi connectivity index (χ3n) is 4.15. The summed E-state index contributed by atoms with van der Waals surface area (Å²) in [7, 11) is 0. The van der Waals surface area contributed by atoms with Crippen LogP contribution in [0.25, 0.3) is 0 Å². The van der Waals surface area contributed by atoms with Gasteiger partial charge in [0.2, 0.25) is 0 Å². The zero-order chi connectivity index (χ0) is 12.4. The van der Waals surface area contributed by atoms with Gasteiger partial charge >= 0.3 is 0 Å². The number of hydrogen-bond acceptors (Lipinski definition) is 3. The van der Waals surface area contributed by atoms with Gasteiger partial charge in [-0.2, -0.15) is 0 Å². The molecule has 3 heteroatoms. The number of anilines is 1. The molecule has 0 bridgehead atoms. The van der Waals surface area contributed by atoms with Gasteiger partial charge in [-0.1, -0.05) is 12.1 Å². The maximum atomic E-state index is 5.58. The Hall–Kier alpha value is -1.06. The minimum atomic E-state index is 0.416. The Bertz CT molecular complexity index is 419. The molecule has 0 radical (unpaired) electrons. The number of rotatable bonds is 4. The fraction of sp³-hybridized carbons (Fsp3) is 0.600. The molecule has 98 valence electrons. The number of ether oxygens (including phenoxy) is 1. The summed E-state index contributed by atoms with van der Waals surface area (Å²) in [5.41, 5.74) is 4.15. The van der Waals surface area contributed by atoms with Crippen molar-refractivity contribution in [1.82, 2.24) is 5.32 Å². The molecule has 1 fully saturated rings. The minimum absolute atomic E-state index is 0.416. The van der Waals surface area contributed by atoms with Crippen LogP contribution in [0.1, 0.15) is 24.5 Å². The highest BCUT2D eigenvalue weighted by atomic mass is 16.5. The highest BCUT2D eigenvalue weighted by Crippen LogP contribution is 2.23. The van der Waals surface area contributed by atoms with E-state index in [9.17, 15) is 0 Å². The fourth-order valence-electron chi connectivity index (χ4n) is 2.89. The first-order chi connectivity index (χ1) is 8.83. The predicted molar refractivity (Wildman–Crippen MR) is 73.9 cm³/mol. The smallest absolute Gasteiger partial charge is 0.0588 e. The van der Waals surface area contributed by atoms with Crippen LogP contribution in [0, 0.1) is 5.92 Å². The molecule has 2 atom stereocenters. The molecule has 2 aliphatic rings. The summed E-state index contributed by atoms with van der Waals surface area (Å²) in [5, 5.41) is 6.99. The lowest BCUT2D eigenvalue weighted by molar-refractivity contribution is 0.105. The largest absolute Gasteiger partial charge is 0.384 e. The van der Waals surface area contributed by atoms with Crippen molar-refractivity contribution in [2.24, 2.45) is 5.92 Å². The van der Waals surface area contributed by atoms with Crippen LogP contribution < -0.4 is 10.6 Å². The minimum Gasteiger partial charge on any atom is -0.384 e. The lowest BCUT2D eigenvalue weighted by atomic mass is 10.0. The Morgan fingerprint density at radius 2 is 2.39 bits per heavy atom. The molecule has 18 heavy (non-hydrogen) atoms. The molecule has 0 amide bonds. The van der Waals surface area contributed by atoms with Crippen molar-refractivity contribution in [3.8, 4) is 0 Å². The van der Waals surface area contributed by atoms with Crippen LogP contribution in [0.2, 0.25) is 0 Å². The third kappa shape index (κ3) is 2.52. The van der Waals surface area contributed by atoms with E-state index in [0.29, 0.717) is 12.0 Å². The van der Waals surface area contributed by atoms with Crippen molar-refractivity contribution in [2.45, 2.75) is 32.4 Å². The molecule has 1 aromatic rings. The summed E-state index contributed by atoms with van der Waals surface area (Å²) < 4.78 is 5.58. The van der Waals surface area contributed by atoms with Gasteiger partial charge in [0, 0.05) is 31.9 Å². The maximum Gasteiger partial charge on any atom is 0.0588 e. The van der Waals surface area contributed by atoms with Crippen LogP contribution >= 0.6 is 0 Å². The molecule has 3 nitrogen and oxygen atoms in total. The van der Waals surface area contributed by atoms with Crippen molar-refractivity contribution in [1.29, 1.82) is 0 Å². The second-order valence-electron chi connectivity index (χ2n) is 5.42. The van der Waals surface area contributed by atoms with E-state index < -0.39 is 0 Å². The van der Waals surface area contributed by atoms with Crippen molar-refractivity contribution < 1.29 is 4.74 Å². The third-order valence-corrected chi connectivity index (χ3v) is 4.15. The zero-order valence-electron chi connectivity index (χ0n) is 11.0. The maximum absolute atomic E-state index is 5.58. The van der Waals surface area contributed by atoms with Gasteiger partial charge in [-0.15, -0.1) is 0 Å². The molecule has 0 spiro atoms. The van der Waals surface area contributed by atoms with Gasteiger partial charge in [0.15, 0.2) is 0 Å². The lowest BCUT2D eigenvalue weighted by Crippen LogP contribution is -2.26. The molecular formula is C15H22N2O. The number of hydrogen-bond donors (Lipinski definition) is 2. The highest BCUT2D eigenvalue weighted by molar-refractivity contribution is 5.56. The molecule has 0 aliphatic carbocycles. The monoisotopic (exact) mass is 246 g/mol. The SMILES string of the molecule is CC1OCCC1CNCc1ccc2c(c1)NCC2. The van der Waals surface area contributed by atoms with Crippen LogP contribution in [-0.2, 0) is 17.7 Å². The topological polar surface area (TPSA) is 33.3 Å². The van der Waals surface area contributed by atoms with E-state index in [1.165, 1.54) is 29.7 Å². The van der Waals surface area contributed by atoms with Gasteiger partial charge in [0.1, 0.15) is 0 Å². The van der Waals surface area contributed by atoms with E-state index >= 15 is 0 Å². The van der Waals surface area contributed by atoms with Gasteiger partial charge in [-0.3, -0.25) is 0 Å². The quantitative estimate of drug-likeness (QED) is 0.854. The number of nitrogens with one attached hydrogen (secondary N) is 2. The molecule has 2 unspecified atom stereocenters. The number of benzene rings is 1. The first kappa shape index (κ1) is 12.0. The van der Waals surface area contributed by atoms with Gasteiger partial charge in [0.05, 0.1) is 6.10 Å². The molecule has 2 N–H and O–H groups in total. The molecule has 1 saturated heterocycles. The van der Waals surface area contributed by atoms with Crippen LogP contribution in [0.3, 0.4) is 0 Å². The average molecular weight is 246 g/mol. The molecule has 0 aromatic heterocycles. The molecular weight excluding hydrogens is 224 g/mol. The van der Waals surface area contributed by atoms with E-state index in [1.807, 2.05) is 0 Å². The van der Waals surface area contributed by atoms with E-state index in [-0.39, 0.29) is 0 Å². The summed E-state index contributed by atoms with van der Waals surface area (Å²) in [4.78, 5) is 0. The predicted octanol–water partition coefficient (Wildman–Crippen LogP) is 2.17. The normalized spacial score (nSPS) is 26.1. The molecule has 2 heterocycles. The van der Waals surface area contributed by atoms with Gasteiger partial charge < -0.3 is 15.4 Å². The highest BCUT2D eigenvalue weighted by Gasteiger charge is 2.23. The average Bonchev–Trinajstić information content (AvgIpc) is 2.98. The Morgan fingerprint density at radius 1 is 1.44 bits per heavy atom. The summed E-state index contributed by atoms with van der Waals surface area (Å²) in [6.45, 7) is 6.21. The summed E-state index contributed by atoms with van der Waals surface area (Å²) in [6.07, 6.45) is 2.78. The molecule has 1 aromatic carbocycles. The fourth-order valence-corrected chi connectivity index (χ4v) is 2.89. The molecule has 2 aliphatic heterocycles. The van der Waals surface area contributed by atoms with Gasteiger partial charge in [-0.05, 0) is 42.9 Å². The summed E-state index contributed by atoms with van der Waals surface area (Å²) in [5.74, 6) is 0.678. The standard InChI is InChI=1S/C15H22N2O/c1-11-14(5-7-18-11)10-16-9-12-2-3-13-4-6-17-15(13)8-12/h2-3,8,11,14,16-17H,4-7,9-10H2,1H3. The second kappa shape index (κ2) is 5.29. The van der Waals surface area contributed by atoms with Crippen LogP contribution in [0.4, 0.5) is 5.69 Å². The first-order valence-corrected chi connectivity index (χ1v) is 7.01. The van der Waals surface area contributed by atoms with Crippen LogP contribution in [0.5, 0.6) is 0 Å². The van der Waals surface area contributed by atoms with Crippen molar-refractivity contribution >= 4 is 5.69 Å². The summed E-state index contributed by atoms with van der Waals surface area (Å²) >= 11 is 0. The Morgan fingerprint density at radius 3 is 3.22 bits per heavy atom. The molecule has 3 rings (SSSR count). The van der Waals surface area contributed by atoms with E-state index in [2.05, 4.69) is 35.8 Å². The van der Waals surface area contributed by atoms with Crippen molar-refractivity contribution in [3.63, 3.8) is 0 Å². The van der Waals surface area contributed by atoms with Gasteiger partial charge in [-0.25, -0.2) is 0 Å². The van der Waals surface area contributed by atoms with E-state index in [0.717, 1.165) is 26.2 Å². The van der Waals surface area contributed by atoms with Gasteiger partial charge in [0.25, 0.3) is 0 Å². The van der Waals surface area contributed by atoms with E-state index in [4.69, 9.17) is 4.74 Å². The summed E-state index contributed by atoms with van der Waals surface area (Å²) in [6, 6.07) is 6.78. The van der Waals surface area contributed by atoms with Crippen LogP contribution in [0.15, 0.2) is 18.2 Å². The first-order valence-electron chi connectivity index (χ1n) is 7.01. The zero-order valence-corrected chi connectivity index (χ0v) is 11.0. The van der Waals surface area contributed by atoms with Crippen LogP contribution in [-0.4, -0.2) is 25.8 Å². The second-order valence-corrected chi connectivity index (χ2v) is 5.42. The Balaban J connectivity index is 1.51. The van der Waals surface area contributed by atoms with E-state index in [1.54, 1.807) is 0 Å². The Labute approximate surface area is 109 Å². The number of fused-ring (bicyclic) bond motifs is 1. The lowest BCUT2D eigenvalue weighted by Gasteiger charge is -2.15. The molecule has 0 saturated carbocycles. The Kier molecular flexibility index (Phi) is 3.52. The van der Waals surface area contributed by atoms with Crippen molar-refractivity contribution in [3.05, 3.63) is 29.3 Å².